The highest BCUT2D eigenvalue weighted by Crippen LogP contribution is 2.27. The minimum Gasteiger partial charge on any atom is -0.378 e. The highest BCUT2D eigenvalue weighted by atomic mass is 19.1. The van der Waals surface area contributed by atoms with Crippen molar-refractivity contribution in [2.45, 2.75) is 25.8 Å². The lowest BCUT2D eigenvalue weighted by atomic mass is 9.93. The van der Waals surface area contributed by atoms with Gasteiger partial charge in [0.15, 0.2) is 11.7 Å². The number of aliphatic imine (C=N–C) groups is 1. The third-order valence-electron chi connectivity index (χ3n) is 5.50. The molecular weight excluding hydrogens is 395 g/mol. The maximum absolute atomic E-state index is 14.7. The molecule has 0 spiro atoms. The molecule has 0 amide bonds. The van der Waals surface area contributed by atoms with Crippen molar-refractivity contribution < 1.29 is 13.7 Å². The average molecular weight is 423 g/mol. The molecule has 0 bridgehead atoms. The Morgan fingerprint density at radius 1 is 1.16 bits per heavy atom. The minimum atomic E-state index is -0.218. The Balaban J connectivity index is 1.37. The highest BCUT2D eigenvalue weighted by molar-refractivity contribution is 5.78. The number of ether oxygens (including phenoxy) is 1. The molecule has 7 heteroatoms. The molecule has 31 heavy (non-hydrogen) atoms. The number of hydrogen-bond donors (Lipinski definition) is 1. The molecule has 0 radical (unpaired) electrons. The Labute approximate surface area is 181 Å². The van der Waals surface area contributed by atoms with Gasteiger partial charge >= 0.3 is 0 Å². The van der Waals surface area contributed by atoms with Crippen molar-refractivity contribution in [1.29, 1.82) is 0 Å². The number of hydrogen-bond acceptors (Lipinski definition) is 4. The smallest absolute Gasteiger partial charge is 0.191 e. The predicted octanol–water partition coefficient (Wildman–Crippen LogP) is 3.97. The van der Waals surface area contributed by atoms with Crippen molar-refractivity contribution in [3.8, 4) is 11.1 Å². The molecule has 1 aliphatic rings. The molecule has 1 aromatic heterocycles. The zero-order chi connectivity index (χ0) is 21.6. The van der Waals surface area contributed by atoms with Gasteiger partial charge in [-0.2, -0.15) is 0 Å². The Kier molecular flexibility index (Phi) is 6.62. The third-order valence-corrected chi connectivity index (χ3v) is 5.50. The molecule has 162 valence electrons. The van der Waals surface area contributed by atoms with Gasteiger partial charge < -0.3 is 19.9 Å². The van der Waals surface area contributed by atoms with Crippen molar-refractivity contribution in [2.24, 2.45) is 10.7 Å². The van der Waals surface area contributed by atoms with Crippen LogP contribution < -0.4 is 5.73 Å². The van der Waals surface area contributed by atoms with Gasteiger partial charge in [-0.05, 0) is 29.5 Å². The molecule has 1 saturated heterocycles. The number of nitrogens with two attached hydrogens (primary N) is 1. The summed E-state index contributed by atoms with van der Waals surface area (Å²) in [7, 11) is 0. The molecule has 1 aliphatic heterocycles. The summed E-state index contributed by atoms with van der Waals surface area (Å²) in [6, 6.07) is 16.9. The van der Waals surface area contributed by atoms with Crippen LogP contribution in [0.25, 0.3) is 11.1 Å². The maximum atomic E-state index is 14.7. The lowest BCUT2D eigenvalue weighted by Crippen LogP contribution is -2.44. The second-order valence-electron chi connectivity index (χ2n) is 7.77. The van der Waals surface area contributed by atoms with E-state index in [-0.39, 0.29) is 11.7 Å². The summed E-state index contributed by atoms with van der Waals surface area (Å²) in [5.41, 5.74) is 9.27. The molecule has 6 nitrogen and oxygen atoms in total. The molecule has 2 heterocycles. The molecule has 2 aromatic carbocycles. The number of aromatic nitrogens is 1. The Morgan fingerprint density at radius 3 is 2.68 bits per heavy atom. The largest absolute Gasteiger partial charge is 0.378 e. The van der Waals surface area contributed by atoms with Crippen LogP contribution in [0.15, 0.2) is 64.1 Å². The zero-order valence-corrected chi connectivity index (χ0v) is 17.6. The minimum absolute atomic E-state index is 0.0965. The van der Waals surface area contributed by atoms with Crippen molar-refractivity contribution in [3.05, 3.63) is 77.4 Å². The van der Waals surface area contributed by atoms with E-state index in [4.69, 9.17) is 15.0 Å². The first-order valence-corrected chi connectivity index (χ1v) is 10.5. The predicted molar refractivity (Wildman–Crippen MR) is 118 cm³/mol. The fourth-order valence-corrected chi connectivity index (χ4v) is 3.70. The van der Waals surface area contributed by atoms with E-state index < -0.39 is 0 Å². The quantitative estimate of drug-likeness (QED) is 0.480. The van der Waals surface area contributed by atoms with Gasteiger partial charge in [-0.25, -0.2) is 9.38 Å². The van der Waals surface area contributed by atoms with E-state index in [1.54, 1.807) is 6.07 Å². The summed E-state index contributed by atoms with van der Waals surface area (Å²) in [6.45, 7) is 5.20. The number of benzene rings is 2. The van der Waals surface area contributed by atoms with Crippen LogP contribution in [0.3, 0.4) is 0 Å². The number of rotatable bonds is 6. The molecule has 1 atom stereocenters. The van der Waals surface area contributed by atoms with E-state index in [2.05, 4.69) is 17.1 Å². The first-order valence-electron chi connectivity index (χ1n) is 10.5. The maximum Gasteiger partial charge on any atom is 0.191 e. The second kappa shape index (κ2) is 9.75. The first kappa shape index (κ1) is 21.1. The molecular formula is C24H27FN4O2. The Morgan fingerprint density at radius 2 is 1.94 bits per heavy atom. The summed E-state index contributed by atoms with van der Waals surface area (Å²) >= 11 is 0. The van der Waals surface area contributed by atoms with E-state index in [0.29, 0.717) is 43.5 Å². The molecule has 0 saturated carbocycles. The van der Waals surface area contributed by atoms with Crippen molar-refractivity contribution >= 4 is 5.96 Å². The van der Waals surface area contributed by atoms with Gasteiger partial charge in [0.1, 0.15) is 12.4 Å². The molecule has 1 unspecified atom stereocenters. The number of nitrogens with zero attached hydrogens (tertiary/aromatic N) is 3. The van der Waals surface area contributed by atoms with Crippen LogP contribution in [-0.2, 0) is 17.7 Å². The number of halogens is 1. The highest BCUT2D eigenvalue weighted by Gasteiger charge is 2.15. The van der Waals surface area contributed by atoms with Gasteiger partial charge in [-0.3, -0.25) is 0 Å². The van der Waals surface area contributed by atoms with Gasteiger partial charge in [0.25, 0.3) is 0 Å². The topological polar surface area (TPSA) is 76.9 Å². The third kappa shape index (κ3) is 5.30. The Bertz CT molecular complexity index is 1030. The van der Waals surface area contributed by atoms with Crippen molar-refractivity contribution in [3.63, 3.8) is 0 Å². The van der Waals surface area contributed by atoms with Gasteiger partial charge in [0, 0.05) is 24.7 Å². The fraction of sp³-hybridized carbons (Fsp3) is 0.333. The lowest BCUT2D eigenvalue weighted by Gasteiger charge is -2.27. The average Bonchev–Trinajstić information content (AvgIpc) is 3.25. The molecule has 4 rings (SSSR count). The molecule has 3 aromatic rings. The number of morpholine rings is 1. The van der Waals surface area contributed by atoms with Gasteiger partial charge in [-0.1, -0.05) is 54.5 Å². The van der Waals surface area contributed by atoms with Crippen LogP contribution in [-0.4, -0.2) is 42.3 Å². The van der Waals surface area contributed by atoms with Crippen LogP contribution in [0.4, 0.5) is 4.39 Å². The fourth-order valence-electron chi connectivity index (χ4n) is 3.70. The standard InChI is InChI=1S/C24H27FN4O2/c1-17(19-7-8-22(23(25)14-19)18-5-3-2-4-6-18)13-20-15-21(31-28-20)16-27-24(26)29-9-11-30-12-10-29/h2-8,14-15,17H,9-13,16H2,1H3,(H2,26,27). The first-order chi connectivity index (χ1) is 15.1. The lowest BCUT2D eigenvalue weighted by molar-refractivity contribution is 0.0674. The van der Waals surface area contributed by atoms with E-state index in [1.165, 1.54) is 0 Å². The van der Waals surface area contributed by atoms with Gasteiger partial charge in [-0.15, -0.1) is 0 Å². The van der Waals surface area contributed by atoms with Crippen LogP contribution in [0.1, 0.15) is 29.9 Å². The summed E-state index contributed by atoms with van der Waals surface area (Å²) in [5, 5.41) is 4.15. The second-order valence-corrected chi connectivity index (χ2v) is 7.77. The van der Waals surface area contributed by atoms with Crippen molar-refractivity contribution in [1.82, 2.24) is 10.1 Å². The SMILES string of the molecule is CC(Cc1cc(CN=C(N)N2CCOCC2)on1)c1ccc(-c2ccccc2)c(F)c1. The molecule has 2 N–H and O–H groups in total. The van der Waals surface area contributed by atoms with E-state index >= 15 is 0 Å². The van der Waals surface area contributed by atoms with E-state index in [0.717, 1.165) is 29.9 Å². The van der Waals surface area contributed by atoms with Crippen LogP contribution in [0.5, 0.6) is 0 Å². The summed E-state index contributed by atoms with van der Waals surface area (Å²) in [5.74, 6) is 1.02. The summed E-state index contributed by atoms with van der Waals surface area (Å²) < 4.78 is 25.4. The molecule has 0 aliphatic carbocycles. The van der Waals surface area contributed by atoms with Gasteiger partial charge in [0.05, 0.1) is 18.9 Å². The summed E-state index contributed by atoms with van der Waals surface area (Å²) in [4.78, 5) is 6.40. The van der Waals surface area contributed by atoms with Crippen LogP contribution >= 0.6 is 0 Å². The van der Waals surface area contributed by atoms with E-state index in [9.17, 15) is 4.39 Å². The summed E-state index contributed by atoms with van der Waals surface area (Å²) in [6.07, 6.45) is 0.649. The van der Waals surface area contributed by atoms with Gasteiger partial charge in [0.2, 0.25) is 0 Å². The normalized spacial score (nSPS) is 15.8. The molecule has 1 fully saturated rings. The number of guanidine groups is 1. The zero-order valence-electron chi connectivity index (χ0n) is 17.6. The van der Waals surface area contributed by atoms with Crippen LogP contribution in [0, 0.1) is 5.82 Å². The van der Waals surface area contributed by atoms with Crippen LogP contribution in [0.2, 0.25) is 0 Å². The van der Waals surface area contributed by atoms with Crippen molar-refractivity contribution in [2.75, 3.05) is 26.3 Å². The van der Waals surface area contributed by atoms with E-state index in [1.807, 2.05) is 53.4 Å². The Hall–Kier alpha value is -3.19. The monoisotopic (exact) mass is 422 g/mol.